The molecule has 214 valence electrons. The van der Waals surface area contributed by atoms with E-state index in [0.717, 1.165) is 18.1 Å². The lowest BCUT2D eigenvalue weighted by Crippen LogP contribution is -2.45. The van der Waals surface area contributed by atoms with Crippen molar-refractivity contribution in [1.82, 2.24) is 15.3 Å². The Morgan fingerprint density at radius 3 is 2.38 bits per heavy atom. The molecule has 2 aromatic rings. The SMILES string of the molecule is CNC1CCN(c2nc(OC)c(NC(=O)C3OC(Oc4cc([Si](C)(C)C)ccc4C)=CC3=O)c(OC)n2)C(=O)C1. The molecule has 0 radical (unpaired) electrons. The normalized spacial score (nSPS) is 19.2. The standard InChI is InChI=1S/C27H35N5O7Si/c1-15-8-9-17(40(5,6)7)13-19(15)38-21-14-18(33)23(39-21)24(35)29-22-25(36-3)30-27(31-26(22)37-4)32-11-10-16(28-2)12-20(32)34/h8-9,13-14,16,23,28H,10-12H2,1-7H3,(H,29,35). The molecular formula is C27H35N5O7Si. The molecular weight excluding hydrogens is 534 g/mol. The summed E-state index contributed by atoms with van der Waals surface area (Å²) >= 11 is 0. The van der Waals surface area contributed by atoms with Gasteiger partial charge in [0.05, 0.1) is 28.4 Å². The van der Waals surface area contributed by atoms with E-state index < -0.39 is 25.9 Å². The number of piperidine rings is 1. The molecule has 2 aliphatic heterocycles. The Labute approximate surface area is 234 Å². The largest absolute Gasteiger partial charge is 0.479 e. The topological polar surface area (TPSA) is 141 Å². The van der Waals surface area contributed by atoms with Crippen LogP contribution in [0.15, 0.2) is 30.2 Å². The highest BCUT2D eigenvalue weighted by Gasteiger charge is 2.37. The fraction of sp³-hybridized carbons (Fsp3) is 0.444. The Bertz CT molecular complexity index is 1330. The number of carbonyl (C=O) groups is 3. The number of ketones is 1. The number of benzene rings is 1. The van der Waals surface area contributed by atoms with Crippen molar-refractivity contribution < 1.29 is 33.3 Å². The summed E-state index contributed by atoms with van der Waals surface area (Å²) in [6, 6.07) is 6.06. The molecule has 1 aromatic carbocycles. The van der Waals surface area contributed by atoms with Crippen LogP contribution in [0.3, 0.4) is 0 Å². The summed E-state index contributed by atoms with van der Waals surface area (Å²) in [6.07, 6.45) is 0.671. The van der Waals surface area contributed by atoms with E-state index in [2.05, 4.69) is 46.3 Å². The van der Waals surface area contributed by atoms with Crippen LogP contribution >= 0.6 is 0 Å². The molecule has 2 atom stereocenters. The fourth-order valence-corrected chi connectivity index (χ4v) is 5.48. The number of hydrogen-bond donors (Lipinski definition) is 2. The van der Waals surface area contributed by atoms with E-state index in [0.29, 0.717) is 18.7 Å². The molecule has 0 saturated carbocycles. The van der Waals surface area contributed by atoms with Crippen LogP contribution in [0.5, 0.6) is 17.5 Å². The van der Waals surface area contributed by atoms with Crippen LogP contribution < -0.4 is 34.9 Å². The summed E-state index contributed by atoms with van der Waals surface area (Å²) in [5.74, 6) is -1.02. The van der Waals surface area contributed by atoms with Gasteiger partial charge in [0.2, 0.25) is 35.5 Å². The van der Waals surface area contributed by atoms with E-state index in [4.69, 9.17) is 18.9 Å². The zero-order valence-electron chi connectivity index (χ0n) is 23.8. The number of anilines is 2. The summed E-state index contributed by atoms with van der Waals surface area (Å²) in [6.45, 7) is 8.96. The smallest absolute Gasteiger partial charge is 0.289 e. The third-order valence-electron chi connectivity index (χ3n) is 6.79. The van der Waals surface area contributed by atoms with Crippen molar-refractivity contribution in [2.75, 3.05) is 38.0 Å². The third kappa shape index (κ3) is 6.10. The molecule has 13 heteroatoms. The van der Waals surface area contributed by atoms with Crippen molar-refractivity contribution in [3.8, 4) is 17.5 Å². The van der Waals surface area contributed by atoms with Crippen LogP contribution in [0.1, 0.15) is 18.4 Å². The van der Waals surface area contributed by atoms with Crippen molar-refractivity contribution in [1.29, 1.82) is 0 Å². The predicted molar refractivity (Wildman–Crippen MR) is 151 cm³/mol. The van der Waals surface area contributed by atoms with E-state index in [1.54, 1.807) is 0 Å². The molecule has 1 aromatic heterocycles. The number of rotatable bonds is 9. The monoisotopic (exact) mass is 569 g/mol. The van der Waals surface area contributed by atoms with E-state index in [1.165, 1.54) is 24.3 Å². The highest BCUT2D eigenvalue weighted by atomic mass is 28.3. The number of hydrogen-bond acceptors (Lipinski definition) is 10. The number of nitrogens with zero attached hydrogens (tertiary/aromatic N) is 3. The van der Waals surface area contributed by atoms with Gasteiger partial charge in [0, 0.05) is 19.0 Å². The quantitative estimate of drug-likeness (QED) is 0.340. The number of methoxy groups -OCH3 is 2. The van der Waals surface area contributed by atoms with Gasteiger partial charge in [0.15, 0.2) is 5.69 Å². The Morgan fingerprint density at radius 1 is 1.12 bits per heavy atom. The number of amides is 2. The molecule has 2 unspecified atom stereocenters. The van der Waals surface area contributed by atoms with Gasteiger partial charge in [-0.25, -0.2) is 0 Å². The maximum absolute atomic E-state index is 13.1. The lowest BCUT2D eigenvalue weighted by atomic mass is 10.1. The van der Waals surface area contributed by atoms with Gasteiger partial charge >= 0.3 is 0 Å². The molecule has 2 amide bonds. The van der Waals surface area contributed by atoms with Gasteiger partial charge < -0.3 is 29.6 Å². The number of nitrogens with one attached hydrogen (secondary N) is 2. The molecule has 0 spiro atoms. The van der Waals surface area contributed by atoms with Crippen molar-refractivity contribution in [3.63, 3.8) is 0 Å². The first-order valence-corrected chi connectivity index (χ1v) is 16.4. The molecule has 2 aliphatic rings. The summed E-state index contributed by atoms with van der Waals surface area (Å²) in [4.78, 5) is 48.6. The van der Waals surface area contributed by atoms with Crippen molar-refractivity contribution in [2.24, 2.45) is 0 Å². The first-order valence-electron chi connectivity index (χ1n) is 12.9. The molecule has 1 fully saturated rings. The van der Waals surface area contributed by atoms with Crippen molar-refractivity contribution >= 4 is 42.5 Å². The predicted octanol–water partition coefficient (Wildman–Crippen LogP) is 1.89. The van der Waals surface area contributed by atoms with E-state index in [1.807, 2.05) is 26.1 Å². The van der Waals surface area contributed by atoms with Gasteiger partial charge in [-0.3, -0.25) is 19.3 Å². The van der Waals surface area contributed by atoms with Gasteiger partial charge in [-0.15, -0.1) is 0 Å². The number of aryl methyl sites for hydroxylation is 1. The van der Waals surface area contributed by atoms with Gasteiger partial charge in [-0.2, -0.15) is 9.97 Å². The summed E-state index contributed by atoms with van der Waals surface area (Å²) in [5.41, 5.74) is 0.869. The molecule has 2 N–H and O–H groups in total. The minimum Gasteiger partial charge on any atom is -0.479 e. The van der Waals surface area contributed by atoms with Crippen LogP contribution in [0.4, 0.5) is 11.6 Å². The lowest BCUT2D eigenvalue weighted by molar-refractivity contribution is -0.134. The molecule has 0 bridgehead atoms. The van der Waals surface area contributed by atoms with Gasteiger partial charge in [0.1, 0.15) is 5.75 Å². The maximum Gasteiger partial charge on any atom is 0.289 e. The lowest BCUT2D eigenvalue weighted by Gasteiger charge is -2.30. The number of aromatic nitrogens is 2. The van der Waals surface area contributed by atoms with Gasteiger partial charge in [-0.05, 0) is 32.0 Å². The number of ether oxygens (including phenoxy) is 4. The molecule has 1 saturated heterocycles. The Kier molecular flexibility index (Phi) is 8.44. The van der Waals surface area contributed by atoms with Crippen molar-refractivity contribution in [2.45, 2.75) is 51.6 Å². The average Bonchev–Trinajstić information content (AvgIpc) is 3.29. The average molecular weight is 570 g/mol. The number of carbonyl (C=O) groups excluding carboxylic acids is 3. The summed E-state index contributed by atoms with van der Waals surface area (Å²) < 4.78 is 22.3. The molecule has 4 rings (SSSR count). The second kappa shape index (κ2) is 11.6. The molecule has 12 nitrogen and oxygen atoms in total. The van der Waals surface area contributed by atoms with E-state index >= 15 is 0 Å². The van der Waals surface area contributed by atoms with Crippen LogP contribution in [0.2, 0.25) is 19.6 Å². The summed E-state index contributed by atoms with van der Waals surface area (Å²) in [5, 5.41) is 6.87. The maximum atomic E-state index is 13.1. The second-order valence-corrected chi connectivity index (χ2v) is 15.7. The highest BCUT2D eigenvalue weighted by Crippen LogP contribution is 2.35. The second-order valence-electron chi connectivity index (χ2n) is 10.6. The van der Waals surface area contributed by atoms with E-state index in [-0.39, 0.29) is 41.3 Å². The Balaban J connectivity index is 1.50. The van der Waals surface area contributed by atoms with Crippen LogP contribution in [-0.2, 0) is 19.1 Å². The fourth-order valence-electron chi connectivity index (χ4n) is 4.33. The molecule has 0 aliphatic carbocycles. The summed E-state index contributed by atoms with van der Waals surface area (Å²) in [7, 11) is 2.92. The van der Waals surface area contributed by atoms with Gasteiger partial charge in [-0.1, -0.05) is 37.0 Å². The minimum absolute atomic E-state index is 0.000703. The van der Waals surface area contributed by atoms with Crippen molar-refractivity contribution in [3.05, 3.63) is 35.8 Å². The molecule has 3 heterocycles. The minimum atomic E-state index is -1.61. The first-order chi connectivity index (χ1) is 18.9. The van der Waals surface area contributed by atoms with E-state index in [9.17, 15) is 14.4 Å². The van der Waals surface area contributed by atoms with Crippen LogP contribution in [-0.4, -0.2) is 75.6 Å². The molecule has 40 heavy (non-hydrogen) atoms. The van der Waals surface area contributed by atoms with Gasteiger partial charge in [0.25, 0.3) is 11.9 Å². The zero-order chi connectivity index (χ0) is 29.2. The van der Waals surface area contributed by atoms with Crippen LogP contribution in [0, 0.1) is 6.92 Å². The highest BCUT2D eigenvalue weighted by molar-refractivity contribution is 6.88. The third-order valence-corrected chi connectivity index (χ3v) is 8.84. The van der Waals surface area contributed by atoms with Crippen LogP contribution in [0.25, 0.3) is 0 Å². The Hall–Kier alpha value is -3.97. The zero-order valence-corrected chi connectivity index (χ0v) is 24.8. The Morgan fingerprint density at radius 2 is 1.80 bits per heavy atom. The first kappa shape index (κ1) is 29.0.